The van der Waals surface area contributed by atoms with Crippen LogP contribution < -0.4 is 5.32 Å². The van der Waals surface area contributed by atoms with Crippen molar-refractivity contribution in [2.45, 2.75) is 12.5 Å². The average molecular weight is 214 g/mol. The van der Waals surface area contributed by atoms with Gasteiger partial charge in [-0.3, -0.25) is 0 Å². The van der Waals surface area contributed by atoms with Crippen LogP contribution in [0, 0.1) is 0 Å². The molecule has 1 aromatic rings. The normalized spacial score (nSPS) is 18.6. The van der Waals surface area contributed by atoms with Gasteiger partial charge in [0.1, 0.15) is 11.9 Å². The molecule has 74 valence electrons. The number of anilines is 1. The minimum atomic E-state index is -0.372. The molecule has 0 saturated carbocycles. The van der Waals surface area contributed by atoms with E-state index in [-0.39, 0.29) is 17.3 Å². The lowest BCUT2D eigenvalue weighted by molar-refractivity contribution is -0.141. The molecule has 1 aliphatic rings. The molecule has 14 heavy (non-hydrogen) atoms. The molecule has 2 rings (SSSR count). The Bertz CT molecular complexity index is 383. The molecule has 5 nitrogen and oxygen atoms in total. The van der Waals surface area contributed by atoms with Crippen LogP contribution in [0.4, 0.5) is 5.82 Å². The first-order valence-electron chi connectivity index (χ1n) is 4.06. The van der Waals surface area contributed by atoms with E-state index in [9.17, 15) is 4.79 Å². The highest BCUT2D eigenvalue weighted by molar-refractivity contribution is 6.28. The summed E-state index contributed by atoms with van der Waals surface area (Å²) in [6, 6.07) is -0.372. The largest absolute Gasteiger partial charge is 0.467 e. The highest BCUT2D eigenvalue weighted by Gasteiger charge is 2.28. The van der Waals surface area contributed by atoms with Crippen LogP contribution in [0.3, 0.4) is 0 Å². The van der Waals surface area contributed by atoms with Gasteiger partial charge in [0.2, 0.25) is 5.28 Å². The van der Waals surface area contributed by atoms with Gasteiger partial charge in [0.15, 0.2) is 0 Å². The van der Waals surface area contributed by atoms with E-state index in [4.69, 9.17) is 11.6 Å². The highest BCUT2D eigenvalue weighted by atomic mass is 35.5. The zero-order valence-electron chi connectivity index (χ0n) is 7.45. The number of nitrogens with zero attached hydrogens (tertiary/aromatic N) is 2. The Morgan fingerprint density at radius 2 is 2.57 bits per heavy atom. The molecule has 0 aromatic carbocycles. The summed E-state index contributed by atoms with van der Waals surface area (Å²) in [5.41, 5.74) is 0.879. The molecule has 1 aliphatic heterocycles. The molecule has 0 fully saturated rings. The number of halogens is 1. The van der Waals surface area contributed by atoms with Crippen LogP contribution in [-0.2, 0) is 16.0 Å². The molecule has 6 heteroatoms. The summed E-state index contributed by atoms with van der Waals surface area (Å²) in [6.45, 7) is 0. The van der Waals surface area contributed by atoms with Crippen LogP contribution in [-0.4, -0.2) is 29.1 Å². The molecule has 0 bridgehead atoms. The number of fused-ring (bicyclic) bond motifs is 1. The summed E-state index contributed by atoms with van der Waals surface area (Å²) in [6.07, 6.45) is 2.15. The van der Waals surface area contributed by atoms with E-state index in [1.807, 2.05) is 0 Å². The maximum atomic E-state index is 11.2. The van der Waals surface area contributed by atoms with Gasteiger partial charge in [-0.2, -0.15) is 0 Å². The Morgan fingerprint density at radius 1 is 1.79 bits per heavy atom. The van der Waals surface area contributed by atoms with Crippen molar-refractivity contribution < 1.29 is 9.53 Å². The summed E-state index contributed by atoms with van der Waals surface area (Å²) in [5, 5.41) is 3.08. The van der Waals surface area contributed by atoms with Crippen molar-refractivity contribution in [2.75, 3.05) is 12.4 Å². The van der Waals surface area contributed by atoms with Gasteiger partial charge in [-0.05, 0) is 11.6 Å². The zero-order valence-corrected chi connectivity index (χ0v) is 8.21. The van der Waals surface area contributed by atoms with Crippen LogP contribution in [0.15, 0.2) is 6.20 Å². The fraction of sp³-hybridized carbons (Fsp3) is 0.375. The van der Waals surface area contributed by atoms with E-state index in [0.717, 1.165) is 5.56 Å². The van der Waals surface area contributed by atoms with Gasteiger partial charge in [0.05, 0.1) is 7.11 Å². The summed E-state index contributed by atoms with van der Waals surface area (Å²) < 4.78 is 4.61. The number of ether oxygens (including phenoxy) is 1. The van der Waals surface area contributed by atoms with E-state index in [1.54, 1.807) is 6.20 Å². The first-order valence-corrected chi connectivity index (χ1v) is 4.44. The van der Waals surface area contributed by atoms with E-state index >= 15 is 0 Å². The van der Waals surface area contributed by atoms with Gasteiger partial charge in [-0.15, -0.1) is 0 Å². The first-order chi connectivity index (χ1) is 6.70. The fourth-order valence-corrected chi connectivity index (χ4v) is 1.51. The van der Waals surface area contributed by atoms with Gasteiger partial charge < -0.3 is 10.1 Å². The van der Waals surface area contributed by atoms with E-state index in [0.29, 0.717) is 12.2 Å². The van der Waals surface area contributed by atoms with Crippen molar-refractivity contribution in [3.05, 3.63) is 17.0 Å². The summed E-state index contributed by atoms with van der Waals surface area (Å²) >= 11 is 5.61. The number of carbonyl (C=O) groups excluding carboxylic acids is 1. The van der Waals surface area contributed by atoms with Gasteiger partial charge in [0.25, 0.3) is 0 Å². The monoisotopic (exact) mass is 213 g/mol. The lowest BCUT2D eigenvalue weighted by Crippen LogP contribution is -2.28. The van der Waals surface area contributed by atoms with Crippen LogP contribution in [0.25, 0.3) is 0 Å². The Kier molecular flexibility index (Phi) is 2.25. The van der Waals surface area contributed by atoms with Gasteiger partial charge in [-0.1, -0.05) is 0 Å². The topological polar surface area (TPSA) is 64.1 Å². The van der Waals surface area contributed by atoms with Gasteiger partial charge in [-0.25, -0.2) is 14.8 Å². The maximum Gasteiger partial charge on any atom is 0.328 e. The molecule has 0 aliphatic carbocycles. The Balaban J connectivity index is 2.22. The number of methoxy groups -OCH3 is 1. The summed E-state index contributed by atoms with van der Waals surface area (Å²) in [4.78, 5) is 19.0. The number of hydrogen-bond donors (Lipinski definition) is 1. The molecule has 0 saturated heterocycles. The van der Waals surface area contributed by atoms with Crippen molar-refractivity contribution in [1.82, 2.24) is 9.97 Å². The van der Waals surface area contributed by atoms with Crippen molar-refractivity contribution in [3.8, 4) is 0 Å². The van der Waals surface area contributed by atoms with Crippen molar-refractivity contribution in [1.29, 1.82) is 0 Å². The Labute approximate surface area is 85.5 Å². The number of hydrogen-bond acceptors (Lipinski definition) is 5. The molecule has 0 spiro atoms. The minimum Gasteiger partial charge on any atom is -0.467 e. The second kappa shape index (κ2) is 3.42. The second-order valence-corrected chi connectivity index (χ2v) is 3.28. The number of carbonyl (C=O) groups is 1. The number of nitrogens with one attached hydrogen (secondary N) is 1. The Hall–Kier alpha value is -1.36. The van der Waals surface area contributed by atoms with Gasteiger partial charge in [0, 0.05) is 18.2 Å². The molecule has 1 atom stereocenters. The van der Waals surface area contributed by atoms with Crippen LogP contribution in [0.5, 0.6) is 0 Å². The molecule has 0 radical (unpaired) electrons. The molecule has 0 amide bonds. The number of rotatable bonds is 1. The Morgan fingerprint density at radius 3 is 3.29 bits per heavy atom. The molecule has 1 N–H and O–H groups in total. The molecular weight excluding hydrogens is 206 g/mol. The lowest BCUT2D eigenvalue weighted by atomic mass is 10.2. The fourth-order valence-electron chi connectivity index (χ4n) is 1.38. The second-order valence-electron chi connectivity index (χ2n) is 2.94. The van der Waals surface area contributed by atoms with Crippen molar-refractivity contribution in [3.63, 3.8) is 0 Å². The SMILES string of the molecule is COC(=O)C1Cc2cnc(Cl)nc2N1. The van der Waals surface area contributed by atoms with Gasteiger partial charge >= 0.3 is 5.97 Å². The number of esters is 1. The molecular formula is C8H8ClN3O2. The van der Waals surface area contributed by atoms with Crippen LogP contribution in [0.1, 0.15) is 5.56 Å². The average Bonchev–Trinajstić information content (AvgIpc) is 2.59. The van der Waals surface area contributed by atoms with E-state index in [1.165, 1.54) is 7.11 Å². The number of aromatic nitrogens is 2. The third-order valence-corrected chi connectivity index (χ3v) is 2.24. The molecule has 1 unspecified atom stereocenters. The van der Waals surface area contributed by atoms with Crippen LogP contribution in [0.2, 0.25) is 5.28 Å². The van der Waals surface area contributed by atoms with Crippen molar-refractivity contribution in [2.24, 2.45) is 0 Å². The first kappa shape index (κ1) is 9.21. The molecule has 2 heterocycles. The van der Waals surface area contributed by atoms with Crippen molar-refractivity contribution >= 4 is 23.4 Å². The smallest absolute Gasteiger partial charge is 0.328 e. The standard InChI is InChI=1S/C8H8ClN3O2/c1-14-7(13)5-2-4-3-10-8(9)12-6(4)11-5/h3,5H,2H2,1H3,(H,10,11,12). The third-order valence-electron chi connectivity index (χ3n) is 2.06. The highest BCUT2D eigenvalue weighted by Crippen LogP contribution is 2.24. The van der Waals surface area contributed by atoms with Crippen LogP contribution >= 0.6 is 11.6 Å². The minimum absolute atomic E-state index is 0.168. The third kappa shape index (κ3) is 1.50. The predicted octanol–water partition coefficient (Wildman–Crippen LogP) is 0.640. The lowest BCUT2D eigenvalue weighted by Gasteiger charge is -2.06. The predicted molar refractivity (Wildman–Crippen MR) is 50.2 cm³/mol. The summed E-state index contributed by atoms with van der Waals surface area (Å²) in [5.74, 6) is 0.305. The molecule has 1 aromatic heterocycles. The van der Waals surface area contributed by atoms with E-state index in [2.05, 4.69) is 20.0 Å². The maximum absolute atomic E-state index is 11.2. The summed E-state index contributed by atoms with van der Waals surface area (Å²) in [7, 11) is 1.35. The zero-order chi connectivity index (χ0) is 10.1. The van der Waals surface area contributed by atoms with E-state index < -0.39 is 0 Å². The quantitative estimate of drug-likeness (QED) is 0.548.